The highest BCUT2D eigenvalue weighted by molar-refractivity contribution is 7.99. The lowest BCUT2D eigenvalue weighted by Gasteiger charge is -1.99. The number of thioether (sulfide) groups is 2. The van der Waals surface area contributed by atoms with Crippen molar-refractivity contribution in [2.45, 2.75) is 23.8 Å². The smallest absolute Gasteiger partial charge is 0.0960 e. The molecule has 0 aromatic carbocycles. The van der Waals surface area contributed by atoms with Crippen LogP contribution in [0.15, 0.2) is 28.3 Å². The fourth-order valence-corrected chi connectivity index (χ4v) is 2.06. The Bertz CT molecular complexity index is 195. The molecule has 0 amide bonds. The zero-order valence-electron chi connectivity index (χ0n) is 7.41. The molecular formula is C9H13NS2. The number of hydrogen-bond donors (Lipinski definition) is 0. The second-order valence-corrected chi connectivity index (χ2v) is 4.82. The minimum atomic E-state index is 1.09. The molecule has 0 fully saturated rings. The Balaban J connectivity index is 2.58. The molecule has 0 N–H and O–H groups in total. The van der Waals surface area contributed by atoms with Gasteiger partial charge in [-0.15, -0.1) is 23.5 Å². The number of pyridine rings is 1. The largest absolute Gasteiger partial charge is 0.249 e. The first-order valence-corrected chi connectivity index (χ1v) is 6.05. The van der Waals surface area contributed by atoms with Crippen molar-refractivity contribution in [2.75, 3.05) is 11.5 Å². The van der Waals surface area contributed by atoms with Crippen molar-refractivity contribution in [3.05, 3.63) is 18.3 Å². The standard InChI is InChI=1S/C9H13NS2/c1-3-11-8-5-6-9(10-7-8)12-4-2/h5-7H,3-4H2,1-2H3. The van der Waals surface area contributed by atoms with E-state index in [-0.39, 0.29) is 0 Å². The Morgan fingerprint density at radius 3 is 2.42 bits per heavy atom. The van der Waals surface area contributed by atoms with E-state index in [1.54, 1.807) is 11.8 Å². The second kappa shape index (κ2) is 5.49. The number of rotatable bonds is 4. The van der Waals surface area contributed by atoms with Crippen LogP contribution >= 0.6 is 23.5 Å². The van der Waals surface area contributed by atoms with Gasteiger partial charge < -0.3 is 0 Å². The average molecular weight is 199 g/mol. The summed E-state index contributed by atoms with van der Waals surface area (Å²) in [6.45, 7) is 4.29. The molecule has 0 aliphatic heterocycles. The Morgan fingerprint density at radius 2 is 1.92 bits per heavy atom. The van der Waals surface area contributed by atoms with Crippen molar-refractivity contribution in [3.8, 4) is 0 Å². The SMILES string of the molecule is CCSc1ccc(SCC)nc1. The van der Waals surface area contributed by atoms with E-state index in [1.165, 1.54) is 4.90 Å². The van der Waals surface area contributed by atoms with Gasteiger partial charge in [-0.3, -0.25) is 0 Å². The fourth-order valence-electron chi connectivity index (χ4n) is 0.852. The maximum atomic E-state index is 4.33. The van der Waals surface area contributed by atoms with Gasteiger partial charge in [0.15, 0.2) is 0 Å². The zero-order chi connectivity index (χ0) is 8.81. The normalized spacial score (nSPS) is 10.2. The second-order valence-electron chi connectivity index (χ2n) is 2.20. The number of nitrogens with zero attached hydrogens (tertiary/aromatic N) is 1. The first kappa shape index (κ1) is 9.93. The van der Waals surface area contributed by atoms with Gasteiger partial charge in [0.1, 0.15) is 0 Å². The van der Waals surface area contributed by atoms with Gasteiger partial charge in [0.25, 0.3) is 0 Å². The maximum absolute atomic E-state index is 4.33. The predicted molar refractivity (Wildman–Crippen MR) is 57.0 cm³/mol. The minimum Gasteiger partial charge on any atom is -0.249 e. The lowest BCUT2D eigenvalue weighted by atomic mass is 10.5. The molecule has 0 radical (unpaired) electrons. The Morgan fingerprint density at radius 1 is 1.17 bits per heavy atom. The van der Waals surface area contributed by atoms with E-state index >= 15 is 0 Å². The van der Waals surface area contributed by atoms with Gasteiger partial charge in [-0.2, -0.15) is 0 Å². The van der Waals surface area contributed by atoms with Crippen molar-refractivity contribution in [1.29, 1.82) is 0 Å². The predicted octanol–water partition coefficient (Wildman–Crippen LogP) is 3.31. The molecule has 0 saturated carbocycles. The van der Waals surface area contributed by atoms with E-state index in [2.05, 4.69) is 31.0 Å². The monoisotopic (exact) mass is 199 g/mol. The Labute approximate surface area is 82.4 Å². The molecular weight excluding hydrogens is 186 g/mol. The Hall–Kier alpha value is -0.150. The van der Waals surface area contributed by atoms with Gasteiger partial charge in [-0.1, -0.05) is 13.8 Å². The van der Waals surface area contributed by atoms with Crippen molar-refractivity contribution >= 4 is 23.5 Å². The van der Waals surface area contributed by atoms with E-state index in [1.807, 2.05) is 18.0 Å². The quantitative estimate of drug-likeness (QED) is 0.691. The highest BCUT2D eigenvalue weighted by Crippen LogP contribution is 2.20. The van der Waals surface area contributed by atoms with Gasteiger partial charge in [-0.25, -0.2) is 4.98 Å². The zero-order valence-corrected chi connectivity index (χ0v) is 9.04. The summed E-state index contributed by atoms with van der Waals surface area (Å²) in [5.41, 5.74) is 0. The van der Waals surface area contributed by atoms with Gasteiger partial charge >= 0.3 is 0 Å². The maximum Gasteiger partial charge on any atom is 0.0960 e. The molecule has 66 valence electrons. The number of aromatic nitrogens is 1. The van der Waals surface area contributed by atoms with Crippen molar-refractivity contribution in [1.82, 2.24) is 4.98 Å². The van der Waals surface area contributed by atoms with Crippen molar-refractivity contribution < 1.29 is 0 Å². The van der Waals surface area contributed by atoms with Crippen LogP contribution < -0.4 is 0 Å². The lowest BCUT2D eigenvalue weighted by Crippen LogP contribution is -1.80. The summed E-state index contributed by atoms with van der Waals surface area (Å²) in [6, 6.07) is 4.23. The van der Waals surface area contributed by atoms with Crippen LogP contribution in [0.25, 0.3) is 0 Å². The third kappa shape index (κ3) is 3.07. The minimum absolute atomic E-state index is 1.09. The summed E-state index contributed by atoms with van der Waals surface area (Å²) in [5, 5.41) is 1.12. The molecule has 1 aromatic heterocycles. The molecule has 0 aliphatic carbocycles. The molecule has 1 rings (SSSR count). The molecule has 0 saturated heterocycles. The highest BCUT2D eigenvalue weighted by Gasteiger charge is 1.94. The third-order valence-corrected chi connectivity index (χ3v) is 3.00. The van der Waals surface area contributed by atoms with Gasteiger partial charge in [0.05, 0.1) is 5.03 Å². The van der Waals surface area contributed by atoms with Gasteiger partial charge in [-0.05, 0) is 23.6 Å². The van der Waals surface area contributed by atoms with E-state index < -0.39 is 0 Å². The molecule has 3 heteroatoms. The van der Waals surface area contributed by atoms with Gasteiger partial charge in [0, 0.05) is 11.1 Å². The summed E-state index contributed by atoms with van der Waals surface area (Å²) in [4.78, 5) is 5.59. The molecule has 0 aliphatic rings. The molecule has 1 aromatic rings. The van der Waals surface area contributed by atoms with Crippen LogP contribution in [0.1, 0.15) is 13.8 Å². The van der Waals surface area contributed by atoms with E-state index in [4.69, 9.17) is 0 Å². The Kier molecular flexibility index (Phi) is 4.54. The lowest BCUT2D eigenvalue weighted by molar-refractivity contribution is 1.09. The molecule has 0 spiro atoms. The summed E-state index contributed by atoms with van der Waals surface area (Å²) in [5.74, 6) is 2.20. The molecule has 0 atom stereocenters. The van der Waals surface area contributed by atoms with Crippen LogP contribution in [-0.4, -0.2) is 16.5 Å². The van der Waals surface area contributed by atoms with Crippen LogP contribution in [0, 0.1) is 0 Å². The van der Waals surface area contributed by atoms with Gasteiger partial charge in [0.2, 0.25) is 0 Å². The van der Waals surface area contributed by atoms with E-state index in [9.17, 15) is 0 Å². The number of hydrogen-bond acceptors (Lipinski definition) is 3. The van der Waals surface area contributed by atoms with Crippen molar-refractivity contribution in [3.63, 3.8) is 0 Å². The first-order valence-electron chi connectivity index (χ1n) is 4.08. The summed E-state index contributed by atoms with van der Waals surface area (Å²) in [7, 11) is 0. The molecule has 1 nitrogen and oxygen atoms in total. The average Bonchev–Trinajstić information content (AvgIpc) is 2.09. The van der Waals surface area contributed by atoms with Crippen LogP contribution in [-0.2, 0) is 0 Å². The van der Waals surface area contributed by atoms with Crippen LogP contribution in [0.2, 0.25) is 0 Å². The summed E-state index contributed by atoms with van der Waals surface area (Å²) < 4.78 is 0. The van der Waals surface area contributed by atoms with E-state index in [0.717, 1.165) is 16.5 Å². The van der Waals surface area contributed by atoms with Crippen LogP contribution in [0.4, 0.5) is 0 Å². The molecule has 1 heterocycles. The molecule has 0 bridgehead atoms. The van der Waals surface area contributed by atoms with E-state index in [0.29, 0.717) is 0 Å². The topological polar surface area (TPSA) is 12.9 Å². The third-order valence-electron chi connectivity index (χ3n) is 1.31. The molecule has 0 unspecified atom stereocenters. The van der Waals surface area contributed by atoms with Crippen molar-refractivity contribution in [2.24, 2.45) is 0 Å². The summed E-state index contributed by atoms with van der Waals surface area (Å²) in [6.07, 6.45) is 1.95. The van der Waals surface area contributed by atoms with Crippen LogP contribution in [0.3, 0.4) is 0 Å². The fraction of sp³-hybridized carbons (Fsp3) is 0.444. The molecule has 12 heavy (non-hydrogen) atoms. The van der Waals surface area contributed by atoms with Crippen LogP contribution in [0.5, 0.6) is 0 Å². The highest BCUT2D eigenvalue weighted by atomic mass is 32.2. The first-order chi connectivity index (χ1) is 5.86. The summed E-state index contributed by atoms with van der Waals surface area (Å²) >= 11 is 3.61.